The van der Waals surface area contributed by atoms with Crippen molar-refractivity contribution in [1.82, 2.24) is 5.32 Å². The molecule has 2 aromatic carbocycles. The molecule has 2 aromatic rings. The summed E-state index contributed by atoms with van der Waals surface area (Å²) in [6.07, 6.45) is 0. The minimum atomic E-state index is 0.537. The molecule has 0 heterocycles. The van der Waals surface area contributed by atoms with Gasteiger partial charge in [0.05, 0.1) is 0 Å². The smallest absolute Gasteiger partial charge is 0.0409 e. The summed E-state index contributed by atoms with van der Waals surface area (Å²) < 4.78 is 0. The molecule has 0 aliphatic rings. The molecule has 1 N–H and O–H groups in total. The molecular weight excluding hydrogens is 266 g/mol. The minimum absolute atomic E-state index is 0.537. The molecular formula is C18H22ClN. The van der Waals surface area contributed by atoms with Crippen molar-refractivity contribution in [2.45, 2.75) is 26.3 Å². The molecule has 2 rings (SSSR count). The van der Waals surface area contributed by atoms with E-state index >= 15 is 0 Å². The molecule has 1 nitrogen and oxygen atoms in total. The molecule has 0 amide bonds. The summed E-state index contributed by atoms with van der Waals surface area (Å²) in [6, 6.07) is 18.7. The zero-order valence-corrected chi connectivity index (χ0v) is 12.9. The molecule has 0 saturated carbocycles. The van der Waals surface area contributed by atoms with Gasteiger partial charge in [0.1, 0.15) is 0 Å². The van der Waals surface area contributed by atoms with Crippen LogP contribution in [0.2, 0.25) is 5.02 Å². The van der Waals surface area contributed by atoms with Gasteiger partial charge in [0.25, 0.3) is 0 Å². The number of hydrogen-bond acceptors (Lipinski definition) is 1. The van der Waals surface area contributed by atoms with E-state index in [1.807, 2.05) is 18.2 Å². The molecule has 0 radical (unpaired) electrons. The SMILES string of the molecule is CC(C)C(CNCc1cccc(Cl)c1)c1ccccc1. The Kier molecular flexibility index (Phi) is 5.63. The fourth-order valence-corrected chi connectivity index (χ4v) is 2.67. The topological polar surface area (TPSA) is 12.0 Å². The standard InChI is InChI=1S/C18H22ClN/c1-14(2)18(16-8-4-3-5-9-16)13-20-12-15-7-6-10-17(19)11-15/h3-11,14,18,20H,12-13H2,1-2H3. The van der Waals surface area contributed by atoms with Crippen LogP contribution in [0.3, 0.4) is 0 Å². The summed E-state index contributed by atoms with van der Waals surface area (Å²) in [6.45, 7) is 6.39. The van der Waals surface area contributed by atoms with Crippen molar-refractivity contribution < 1.29 is 0 Å². The van der Waals surface area contributed by atoms with Gasteiger partial charge in [-0.2, -0.15) is 0 Å². The maximum Gasteiger partial charge on any atom is 0.0409 e. The van der Waals surface area contributed by atoms with Gasteiger partial charge in [0.15, 0.2) is 0 Å². The van der Waals surface area contributed by atoms with E-state index in [1.54, 1.807) is 0 Å². The second-order valence-electron chi connectivity index (χ2n) is 5.52. The second-order valence-corrected chi connectivity index (χ2v) is 5.96. The average Bonchev–Trinajstić information content (AvgIpc) is 2.44. The van der Waals surface area contributed by atoms with Crippen molar-refractivity contribution in [1.29, 1.82) is 0 Å². The third kappa shape index (κ3) is 4.36. The van der Waals surface area contributed by atoms with E-state index in [2.05, 4.69) is 55.6 Å². The van der Waals surface area contributed by atoms with Gasteiger partial charge in [0, 0.05) is 18.1 Å². The maximum absolute atomic E-state index is 6.00. The zero-order valence-electron chi connectivity index (χ0n) is 12.1. The predicted octanol–water partition coefficient (Wildman–Crippen LogP) is 4.87. The summed E-state index contributed by atoms with van der Waals surface area (Å²) in [4.78, 5) is 0. The highest BCUT2D eigenvalue weighted by Crippen LogP contribution is 2.23. The molecule has 0 aliphatic heterocycles. The Hall–Kier alpha value is -1.31. The first-order chi connectivity index (χ1) is 9.66. The predicted molar refractivity (Wildman–Crippen MR) is 87.2 cm³/mol. The number of nitrogens with one attached hydrogen (secondary N) is 1. The van der Waals surface area contributed by atoms with Crippen LogP contribution in [0, 0.1) is 5.92 Å². The van der Waals surface area contributed by atoms with Crippen molar-refractivity contribution in [2.24, 2.45) is 5.92 Å². The van der Waals surface area contributed by atoms with Crippen LogP contribution in [0.1, 0.15) is 30.9 Å². The monoisotopic (exact) mass is 287 g/mol. The van der Waals surface area contributed by atoms with Gasteiger partial charge in [-0.1, -0.05) is 67.9 Å². The lowest BCUT2D eigenvalue weighted by molar-refractivity contribution is 0.461. The first kappa shape index (κ1) is 15.1. The molecule has 0 bridgehead atoms. The number of halogens is 1. The molecule has 0 aromatic heterocycles. The molecule has 2 heteroatoms. The number of benzene rings is 2. The van der Waals surface area contributed by atoms with E-state index in [1.165, 1.54) is 11.1 Å². The summed E-state index contributed by atoms with van der Waals surface area (Å²) in [5.74, 6) is 1.15. The third-order valence-corrected chi connectivity index (χ3v) is 3.85. The van der Waals surface area contributed by atoms with Gasteiger partial charge in [0.2, 0.25) is 0 Å². The van der Waals surface area contributed by atoms with Gasteiger partial charge in [-0.05, 0) is 35.1 Å². The first-order valence-electron chi connectivity index (χ1n) is 7.17. The fraction of sp³-hybridized carbons (Fsp3) is 0.333. The lowest BCUT2D eigenvalue weighted by Crippen LogP contribution is -2.24. The van der Waals surface area contributed by atoms with E-state index in [-0.39, 0.29) is 0 Å². The van der Waals surface area contributed by atoms with Crippen molar-refractivity contribution in [3.8, 4) is 0 Å². The molecule has 20 heavy (non-hydrogen) atoms. The van der Waals surface area contributed by atoms with Gasteiger partial charge >= 0.3 is 0 Å². The molecule has 106 valence electrons. The highest BCUT2D eigenvalue weighted by atomic mass is 35.5. The Balaban J connectivity index is 1.93. The summed E-state index contributed by atoms with van der Waals surface area (Å²) in [5.41, 5.74) is 2.63. The summed E-state index contributed by atoms with van der Waals surface area (Å²) >= 11 is 6.00. The molecule has 1 unspecified atom stereocenters. The summed E-state index contributed by atoms with van der Waals surface area (Å²) in [7, 11) is 0. The second kappa shape index (κ2) is 7.47. The van der Waals surface area contributed by atoms with Gasteiger partial charge in [-0.15, -0.1) is 0 Å². The average molecular weight is 288 g/mol. The normalized spacial score (nSPS) is 12.6. The van der Waals surface area contributed by atoms with Crippen molar-refractivity contribution >= 4 is 11.6 Å². The Morgan fingerprint density at radius 2 is 1.75 bits per heavy atom. The van der Waals surface area contributed by atoms with Crippen LogP contribution < -0.4 is 5.32 Å². The molecule has 0 saturated heterocycles. The van der Waals surface area contributed by atoms with Gasteiger partial charge in [-0.3, -0.25) is 0 Å². The largest absolute Gasteiger partial charge is 0.312 e. The Labute approximate surface area is 127 Å². The van der Waals surface area contributed by atoms with Gasteiger partial charge < -0.3 is 5.32 Å². The quantitative estimate of drug-likeness (QED) is 0.799. The molecule has 0 aliphatic carbocycles. The van der Waals surface area contributed by atoms with Crippen molar-refractivity contribution in [3.05, 3.63) is 70.7 Å². The van der Waals surface area contributed by atoms with Crippen LogP contribution in [0.15, 0.2) is 54.6 Å². The lowest BCUT2D eigenvalue weighted by Gasteiger charge is -2.22. The van der Waals surface area contributed by atoms with E-state index in [0.717, 1.165) is 18.1 Å². The van der Waals surface area contributed by atoms with E-state index in [9.17, 15) is 0 Å². The van der Waals surface area contributed by atoms with Crippen LogP contribution in [0.25, 0.3) is 0 Å². The fourth-order valence-electron chi connectivity index (χ4n) is 2.46. The van der Waals surface area contributed by atoms with E-state index in [4.69, 9.17) is 11.6 Å². The van der Waals surface area contributed by atoms with Gasteiger partial charge in [-0.25, -0.2) is 0 Å². The van der Waals surface area contributed by atoms with Crippen LogP contribution in [-0.4, -0.2) is 6.54 Å². The molecule has 0 fully saturated rings. The van der Waals surface area contributed by atoms with Crippen LogP contribution >= 0.6 is 11.6 Å². The van der Waals surface area contributed by atoms with Crippen LogP contribution in [-0.2, 0) is 6.54 Å². The minimum Gasteiger partial charge on any atom is -0.312 e. The maximum atomic E-state index is 6.00. The summed E-state index contributed by atoms with van der Waals surface area (Å²) in [5, 5.41) is 4.35. The van der Waals surface area contributed by atoms with E-state index < -0.39 is 0 Å². The zero-order chi connectivity index (χ0) is 14.4. The Morgan fingerprint density at radius 1 is 1.00 bits per heavy atom. The highest BCUT2D eigenvalue weighted by Gasteiger charge is 2.14. The van der Waals surface area contributed by atoms with Crippen LogP contribution in [0.4, 0.5) is 0 Å². The van der Waals surface area contributed by atoms with Crippen molar-refractivity contribution in [2.75, 3.05) is 6.54 Å². The number of rotatable bonds is 6. The third-order valence-electron chi connectivity index (χ3n) is 3.61. The first-order valence-corrected chi connectivity index (χ1v) is 7.54. The van der Waals surface area contributed by atoms with E-state index in [0.29, 0.717) is 11.8 Å². The highest BCUT2D eigenvalue weighted by molar-refractivity contribution is 6.30. The molecule has 1 atom stereocenters. The number of hydrogen-bond donors (Lipinski definition) is 1. The van der Waals surface area contributed by atoms with Crippen molar-refractivity contribution in [3.63, 3.8) is 0 Å². The Morgan fingerprint density at radius 3 is 2.40 bits per heavy atom. The lowest BCUT2D eigenvalue weighted by atomic mass is 9.88. The van der Waals surface area contributed by atoms with Crippen LogP contribution in [0.5, 0.6) is 0 Å². The molecule has 0 spiro atoms. The Bertz CT molecular complexity index is 522.